The molecule has 2 aromatic rings. The summed E-state index contributed by atoms with van der Waals surface area (Å²) in [7, 11) is 0. The Morgan fingerprint density at radius 1 is 0.625 bits per heavy atom. The first kappa shape index (κ1) is 12.2. The van der Waals surface area contributed by atoms with Crippen molar-refractivity contribution in [3.05, 3.63) is 47.3 Å². The zero-order valence-corrected chi connectivity index (χ0v) is 10.1. The first-order valence-corrected chi connectivity index (χ1v) is 5.10. The summed E-state index contributed by atoms with van der Waals surface area (Å²) < 4.78 is 0. The van der Waals surface area contributed by atoms with Gasteiger partial charge in [0.1, 0.15) is 0 Å². The van der Waals surface area contributed by atoms with Gasteiger partial charge < -0.3 is 0 Å². The van der Waals surface area contributed by atoms with Crippen LogP contribution in [-0.4, -0.2) is 20.2 Å². The van der Waals surface area contributed by atoms with E-state index in [2.05, 4.69) is 20.2 Å². The summed E-state index contributed by atoms with van der Waals surface area (Å²) in [5.74, 6) is 0. The van der Waals surface area contributed by atoms with Crippen molar-refractivity contribution < 1.29 is 0 Å². The van der Waals surface area contributed by atoms with Gasteiger partial charge in [-0.15, -0.1) is 0 Å². The quantitative estimate of drug-likeness (QED) is 0.677. The summed E-state index contributed by atoms with van der Waals surface area (Å²) in [5, 5.41) is 7.66. The highest BCUT2D eigenvalue weighted by Gasteiger charge is 1.83. The van der Waals surface area contributed by atoms with Gasteiger partial charge in [0.2, 0.25) is 0 Å². The van der Waals surface area contributed by atoms with Crippen molar-refractivity contribution >= 4 is 0 Å². The minimum Gasteiger partial charge on any atom is -0.258 e. The molecule has 0 bridgehead atoms. The van der Waals surface area contributed by atoms with E-state index in [-0.39, 0.29) is 0 Å². The highest BCUT2D eigenvalue weighted by molar-refractivity contribution is 5.02. The molecule has 0 unspecified atom stereocenters. The SMILES string of the molecule is Cc1ccc(C)nn1.Cc1cnc(C)cn1. The van der Waals surface area contributed by atoms with Crippen molar-refractivity contribution in [2.45, 2.75) is 27.7 Å². The second kappa shape index (κ2) is 5.90. The van der Waals surface area contributed by atoms with E-state index in [4.69, 9.17) is 0 Å². The van der Waals surface area contributed by atoms with E-state index in [1.807, 2.05) is 39.8 Å². The Kier molecular flexibility index (Phi) is 4.51. The van der Waals surface area contributed by atoms with E-state index in [9.17, 15) is 0 Å². The van der Waals surface area contributed by atoms with Gasteiger partial charge in [-0.3, -0.25) is 9.97 Å². The molecule has 0 amide bonds. The molecule has 0 saturated heterocycles. The van der Waals surface area contributed by atoms with Crippen LogP contribution >= 0.6 is 0 Å². The van der Waals surface area contributed by atoms with Crippen molar-refractivity contribution in [1.82, 2.24) is 20.2 Å². The second-order valence-electron chi connectivity index (χ2n) is 3.62. The Labute approximate surface area is 95.8 Å². The molecule has 0 radical (unpaired) electrons. The molecule has 0 spiro atoms. The molecule has 2 rings (SSSR count). The van der Waals surface area contributed by atoms with Crippen LogP contribution in [0.2, 0.25) is 0 Å². The predicted molar refractivity (Wildman–Crippen MR) is 63.0 cm³/mol. The lowest BCUT2D eigenvalue weighted by Gasteiger charge is -1.88. The Bertz CT molecular complexity index is 334. The molecule has 16 heavy (non-hydrogen) atoms. The smallest absolute Gasteiger partial charge is 0.0600 e. The number of aromatic nitrogens is 4. The van der Waals surface area contributed by atoms with E-state index in [0.717, 1.165) is 22.8 Å². The molecular formula is C12H16N4. The van der Waals surface area contributed by atoms with E-state index >= 15 is 0 Å². The highest BCUT2D eigenvalue weighted by Crippen LogP contribution is 1.90. The lowest BCUT2D eigenvalue weighted by Crippen LogP contribution is -1.86. The van der Waals surface area contributed by atoms with Crippen LogP contribution in [0.5, 0.6) is 0 Å². The molecule has 2 heterocycles. The van der Waals surface area contributed by atoms with Crippen LogP contribution < -0.4 is 0 Å². The van der Waals surface area contributed by atoms with Gasteiger partial charge in [-0.2, -0.15) is 10.2 Å². The first-order valence-electron chi connectivity index (χ1n) is 5.10. The molecule has 0 aliphatic rings. The standard InChI is InChI=1S/2C6H8N2/c1-5-3-8-6(2)4-7-5;1-5-3-4-6(2)8-7-5/h2*3-4H,1-2H3. The second-order valence-corrected chi connectivity index (χ2v) is 3.62. The molecule has 4 nitrogen and oxygen atoms in total. The summed E-state index contributed by atoms with van der Waals surface area (Å²) >= 11 is 0. The Morgan fingerprint density at radius 3 is 1.25 bits per heavy atom. The van der Waals surface area contributed by atoms with Gasteiger partial charge in [0.05, 0.1) is 22.8 Å². The van der Waals surface area contributed by atoms with Gasteiger partial charge in [-0.1, -0.05) is 0 Å². The summed E-state index contributed by atoms with van der Waals surface area (Å²) in [6, 6.07) is 3.89. The van der Waals surface area contributed by atoms with Crippen molar-refractivity contribution in [3.8, 4) is 0 Å². The maximum Gasteiger partial charge on any atom is 0.0600 e. The fourth-order valence-electron chi connectivity index (χ4n) is 0.923. The third-order valence-electron chi connectivity index (χ3n) is 1.84. The fraction of sp³-hybridized carbons (Fsp3) is 0.333. The zero-order valence-electron chi connectivity index (χ0n) is 10.1. The van der Waals surface area contributed by atoms with Gasteiger partial charge in [0.15, 0.2) is 0 Å². The third kappa shape index (κ3) is 4.59. The Balaban J connectivity index is 0.000000160. The van der Waals surface area contributed by atoms with E-state index in [0.29, 0.717) is 0 Å². The maximum atomic E-state index is 4.02. The van der Waals surface area contributed by atoms with Gasteiger partial charge in [0, 0.05) is 12.4 Å². The van der Waals surface area contributed by atoms with Crippen LogP contribution in [0.15, 0.2) is 24.5 Å². The lowest BCUT2D eigenvalue weighted by atomic mass is 10.4. The van der Waals surface area contributed by atoms with Gasteiger partial charge in [-0.25, -0.2) is 0 Å². The van der Waals surface area contributed by atoms with Crippen LogP contribution in [-0.2, 0) is 0 Å². The fourth-order valence-corrected chi connectivity index (χ4v) is 0.923. The van der Waals surface area contributed by atoms with Gasteiger partial charge in [-0.05, 0) is 39.8 Å². The Hall–Kier alpha value is -1.84. The van der Waals surface area contributed by atoms with Crippen molar-refractivity contribution in [1.29, 1.82) is 0 Å². The van der Waals surface area contributed by atoms with E-state index in [1.54, 1.807) is 12.4 Å². The largest absolute Gasteiger partial charge is 0.258 e. The third-order valence-corrected chi connectivity index (χ3v) is 1.84. The average molecular weight is 216 g/mol. The Morgan fingerprint density at radius 2 is 1.00 bits per heavy atom. The minimum atomic E-state index is 0.968. The van der Waals surface area contributed by atoms with Gasteiger partial charge in [0.25, 0.3) is 0 Å². The van der Waals surface area contributed by atoms with E-state index < -0.39 is 0 Å². The summed E-state index contributed by atoms with van der Waals surface area (Å²) in [5.41, 5.74) is 3.87. The molecule has 0 N–H and O–H groups in total. The molecule has 0 atom stereocenters. The summed E-state index contributed by atoms with van der Waals surface area (Å²) in [4.78, 5) is 8.03. The van der Waals surface area contributed by atoms with Crippen LogP contribution in [0.1, 0.15) is 22.8 Å². The molecule has 0 aliphatic heterocycles. The summed E-state index contributed by atoms with van der Waals surface area (Å²) in [6.45, 7) is 7.69. The number of aryl methyl sites for hydroxylation is 4. The molecular weight excluding hydrogens is 200 g/mol. The van der Waals surface area contributed by atoms with Crippen LogP contribution in [0.3, 0.4) is 0 Å². The first-order chi connectivity index (χ1) is 7.58. The topological polar surface area (TPSA) is 51.6 Å². The number of rotatable bonds is 0. The average Bonchev–Trinajstić information content (AvgIpc) is 2.28. The highest BCUT2D eigenvalue weighted by atomic mass is 15.1. The minimum absolute atomic E-state index is 0.968. The van der Waals surface area contributed by atoms with Crippen LogP contribution in [0, 0.1) is 27.7 Å². The molecule has 84 valence electrons. The maximum absolute atomic E-state index is 4.02. The molecule has 4 heteroatoms. The zero-order chi connectivity index (χ0) is 12.0. The summed E-state index contributed by atoms with van der Waals surface area (Å²) in [6.07, 6.45) is 3.52. The molecule has 0 aliphatic carbocycles. The lowest BCUT2D eigenvalue weighted by molar-refractivity contribution is 0.941. The normalized spacial score (nSPS) is 9.25. The molecule has 0 saturated carbocycles. The van der Waals surface area contributed by atoms with Crippen LogP contribution in [0.25, 0.3) is 0 Å². The monoisotopic (exact) mass is 216 g/mol. The number of hydrogen-bond donors (Lipinski definition) is 0. The van der Waals surface area contributed by atoms with E-state index in [1.165, 1.54) is 0 Å². The van der Waals surface area contributed by atoms with Crippen molar-refractivity contribution in [2.24, 2.45) is 0 Å². The van der Waals surface area contributed by atoms with Crippen molar-refractivity contribution in [2.75, 3.05) is 0 Å². The molecule has 0 aromatic carbocycles. The number of hydrogen-bond acceptors (Lipinski definition) is 4. The van der Waals surface area contributed by atoms with Crippen molar-refractivity contribution in [3.63, 3.8) is 0 Å². The van der Waals surface area contributed by atoms with Crippen LogP contribution in [0.4, 0.5) is 0 Å². The molecule has 0 fully saturated rings. The van der Waals surface area contributed by atoms with Gasteiger partial charge >= 0.3 is 0 Å². The predicted octanol–water partition coefficient (Wildman–Crippen LogP) is 2.19. The molecule has 2 aromatic heterocycles. The number of nitrogens with zero attached hydrogens (tertiary/aromatic N) is 4.